The van der Waals surface area contributed by atoms with Crippen LogP contribution in [0.25, 0.3) is 0 Å². The van der Waals surface area contributed by atoms with Crippen molar-refractivity contribution in [2.75, 3.05) is 26.2 Å². The Labute approximate surface area is 95.5 Å². The molecule has 0 bridgehead atoms. The van der Waals surface area contributed by atoms with Gasteiger partial charge in [-0.3, -0.25) is 0 Å². The van der Waals surface area contributed by atoms with Crippen molar-refractivity contribution in [1.29, 1.82) is 0 Å². The van der Waals surface area contributed by atoms with E-state index in [2.05, 4.69) is 32.3 Å². The van der Waals surface area contributed by atoms with Gasteiger partial charge in [0.25, 0.3) is 0 Å². The summed E-state index contributed by atoms with van der Waals surface area (Å²) in [6.45, 7) is 14.7. The van der Waals surface area contributed by atoms with Gasteiger partial charge in [-0.2, -0.15) is 0 Å². The van der Waals surface area contributed by atoms with E-state index >= 15 is 0 Å². The van der Waals surface area contributed by atoms with Crippen LogP contribution < -0.4 is 5.73 Å². The Morgan fingerprint density at radius 2 is 2.00 bits per heavy atom. The van der Waals surface area contributed by atoms with Crippen molar-refractivity contribution in [1.82, 2.24) is 4.90 Å². The highest BCUT2D eigenvalue weighted by Gasteiger charge is 2.19. The minimum atomic E-state index is 0.239. The second kappa shape index (κ2) is 7.89. The van der Waals surface area contributed by atoms with Crippen LogP contribution in [0.15, 0.2) is 12.7 Å². The molecule has 0 aromatic rings. The maximum Gasteiger partial charge on any atom is 0.00447 e. The van der Waals surface area contributed by atoms with Crippen LogP contribution in [0, 0.1) is 5.41 Å². The second-order valence-corrected chi connectivity index (χ2v) is 5.08. The molecule has 0 spiro atoms. The number of nitrogens with zero attached hydrogens (tertiary/aromatic N) is 1. The molecule has 0 unspecified atom stereocenters. The van der Waals surface area contributed by atoms with Gasteiger partial charge < -0.3 is 10.6 Å². The zero-order valence-corrected chi connectivity index (χ0v) is 10.8. The van der Waals surface area contributed by atoms with Crippen LogP contribution in [0.4, 0.5) is 0 Å². The average molecular weight is 212 g/mol. The van der Waals surface area contributed by atoms with Crippen LogP contribution in [-0.2, 0) is 0 Å². The van der Waals surface area contributed by atoms with E-state index in [1.165, 1.54) is 25.9 Å². The highest BCUT2D eigenvalue weighted by atomic mass is 15.1. The summed E-state index contributed by atoms with van der Waals surface area (Å²) >= 11 is 0. The molecule has 0 fully saturated rings. The number of hydrogen-bond donors (Lipinski definition) is 1. The predicted octanol–water partition coefficient (Wildman–Crippen LogP) is 2.65. The quantitative estimate of drug-likeness (QED) is 0.470. The van der Waals surface area contributed by atoms with Gasteiger partial charge in [-0.15, -0.1) is 6.58 Å². The maximum absolute atomic E-state index is 5.76. The van der Waals surface area contributed by atoms with Crippen molar-refractivity contribution >= 4 is 0 Å². The van der Waals surface area contributed by atoms with Gasteiger partial charge >= 0.3 is 0 Å². The summed E-state index contributed by atoms with van der Waals surface area (Å²) in [4.78, 5) is 2.52. The Hall–Kier alpha value is -0.340. The molecular formula is C13H28N2. The van der Waals surface area contributed by atoms with Crippen LogP contribution in [0.1, 0.15) is 40.0 Å². The van der Waals surface area contributed by atoms with Crippen molar-refractivity contribution in [3.05, 3.63) is 12.7 Å². The van der Waals surface area contributed by atoms with E-state index in [-0.39, 0.29) is 5.41 Å². The molecule has 0 saturated heterocycles. The van der Waals surface area contributed by atoms with Crippen molar-refractivity contribution in [2.24, 2.45) is 11.1 Å². The molecule has 0 heterocycles. The van der Waals surface area contributed by atoms with E-state index in [1.54, 1.807) is 0 Å². The smallest absolute Gasteiger partial charge is 0.00447 e. The van der Waals surface area contributed by atoms with Crippen LogP contribution in [0.3, 0.4) is 0 Å². The van der Waals surface area contributed by atoms with Crippen LogP contribution in [0.5, 0.6) is 0 Å². The van der Waals surface area contributed by atoms with E-state index in [0.29, 0.717) is 0 Å². The Morgan fingerprint density at radius 3 is 2.47 bits per heavy atom. The number of rotatable bonds is 9. The zero-order valence-electron chi connectivity index (χ0n) is 10.8. The lowest BCUT2D eigenvalue weighted by atomic mass is 9.93. The fourth-order valence-electron chi connectivity index (χ4n) is 1.72. The standard InChI is InChI=1S/C13H28N2/c1-5-7-8-10-15(9-6-2)12-13(3,4)11-14/h5H,1,6-12,14H2,2-4H3. The maximum atomic E-state index is 5.76. The van der Waals surface area contributed by atoms with E-state index in [1.807, 2.05) is 6.08 Å². The largest absolute Gasteiger partial charge is 0.330 e. The molecule has 0 aromatic heterocycles. The molecule has 2 nitrogen and oxygen atoms in total. The molecule has 90 valence electrons. The molecule has 0 aromatic carbocycles. The molecule has 2 heteroatoms. The van der Waals surface area contributed by atoms with Gasteiger partial charge in [-0.1, -0.05) is 26.8 Å². The fraction of sp³-hybridized carbons (Fsp3) is 0.846. The van der Waals surface area contributed by atoms with Gasteiger partial charge in [0.1, 0.15) is 0 Å². The third-order valence-corrected chi connectivity index (χ3v) is 2.63. The zero-order chi connectivity index (χ0) is 11.7. The molecule has 15 heavy (non-hydrogen) atoms. The van der Waals surface area contributed by atoms with Crippen LogP contribution in [-0.4, -0.2) is 31.1 Å². The first-order valence-electron chi connectivity index (χ1n) is 6.09. The van der Waals surface area contributed by atoms with Gasteiger partial charge in [-0.25, -0.2) is 0 Å². The summed E-state index contributed by atoms with van der Waals surface area (Å²) in [5.74, 6) is 0. The van der Waals surface area contributed by atoms with E-state index in [4.69, 9.17) is 5.73 Å². The summed E-state index contributed by atoms with van der Waals surface area (Å²) in [6, 6.07) is 0. The summed E-state index contributed by atoms with van der Waals surface area (Å²) in [6.07, 6.45) is 5.54. The van der Waals surface area contributed by atoms with Gasteiger partial charge in [0.15, 0.2) is 0 Å². The first-order chi connectivity index (χ1) is 7.05. The molecule has 0 aliphatic heterocycles. The predicted molar refractivity (Wildman–Crippen MR) is 69.0 cm³/mol. The highest BCUT2D eigenvalue weighted by molar-refractivity contribution is 4.75. The lowest BCUT2D eigenvalue weighted by molar-refractivity contribution is 0.181. The van der Waals surface area contributed by atoms with Gasteiger partial charge in [0.05, 0.1) is 0 Å². The Kier molecular flexibility index (Phi) is 7.71. The average Bonchev–Trinajstić information content (AvgIpc) is 2.18. The number of nitrogens with two attached hydrogens (primary N) is 1. The van der Waals surface area contributed by atoms with E-state index in [9.17, 15) is 0 Å². The van der Waals surface area contributed by atoms with Crippen molar-refractivity contribution in [3.8, 4) is 0 Å². The summed E-state index contributed by atoms with van der Waals surface area (Å²) in [5, 5.41) is 0. The van der Waals surface area contributed by atoms with Gasteiger partial charge in [-0.05, 0) is 44.3 Å². The SMILES string of the molecule is C=CCCCN(CCC)CC(C)(C)CN. The first kappa shape index (κ1) is 14.7. The Bertz CT molecular complexity index is 164. The molecule has 0 aliphatic rings. The van der Waals surface area contributed by atoms with E-state index in [0.717, 1.165) is 19.5 Å². The summed E-state index contributed by atoms with van der Waals surface area (Å²) < 4.78 is 0. The molecule has 0 saturated carbocycles. The van der Waals surface area contributed by atoms with Gasteiger partial charge in [0, 0.05) is 6.54 Å². The normalized spacial score (nSPS) is 12.1. The number of unbranched alkanes of at least 4 members (excludes halogenated alkanes) is 1. The van der Waals surface area contributed by atoms with Crippen LogP contribution in [0.2, 0.25) is 0 Å². The second-order valence-electron chi connectivity index (χ2n) is 5.08. The molecular weight excluding hydrogens is 184 g/mol. The molecule has 0 aliphatic carbocycles. The first-order valence-corrected chi connectivity index (χ1v) is 6.09. The minimum absolute atomic E-state index is 0.239. The summed E-state index contributed by atoms with van der Waals surface area (Å²) in [7, 11) is 0. The van der Waals surface area contributed by atoms with Crippen molar-refractivity contribution in [2.45, 2.75) is 40.0 Å². The van der Waals surface area contributed by atoms with Crippen molar-refractivity contribution in [3.63, 3.8) is 0 Å². The Morgan fingerprint density at radius 1 is 1.33 bits per heavy atom. The molecule has 0 atom stereocenters. The molecule has 0 radical (unpaired) electrons. The number of allylic oxidation sites excluding steroid dienone is 1. The number of hydrogen-bond acceptors (Lipinski definition) is 2. The third-order valence-electron chi connectivity index (χ3n) is 2.63. The third kappa shape index (κ3) is 7.57. The van der Waals surface area contributed by atoms with Crippen molar-refractivity contribution < 1.29 is 0 Å². The topological polar surface area (TPSA) is 29.3 Å². The lowest BCUT2D eigenvalue weighted by Crippen LogP contribution is -2.39. The molecule has 2 N–H and O–H groups in total. The monoisotopic (exact) mass is 212 g/mol. The van der Waals surface area contributed by atoms with Gasteiger partial charge in [0.2, 0.25) is 0 Å². The Balaban J connectivity index is 3.96. The lowest BCUT2D eigenvalue weighted by Gasteiger charge is -2.31. The summed E-state index contributed by atoms with van der Waals surface area (Å²) in [5.41, 5.74) is 6.00. The highest BCUT2D eigenvalue weighted by Crippen LogP contribution is 2.15. The molecule has 0 rings (SSSR count). The fourth-order valence-corrected chi connectivity index (χ4v) is 1.72. The van der Waals surface area contributed by atoms with E-state index < -0.39 is 0 Å². The molecule has 0 amide bonds. The minimum Gasteiger partial charge on any atom is -0.330 e. The van der Waals surface area contributed by atoms with Crippen LogP contribution >= 0.6 is 0 Å².